The largest absolute Gasteiger partial charge is 0.273 e. The molecule has 0 aliphatic carbocycles. The number of amides is 2. The van der Waals surface area contributed by atoms with Crippen LogP contribution in [0.4, 0.5) is 17.1 Å². The average Bonchev–Trinajstić information content (AvgIpc) is 3.19. The highest BCUT2D eigenvalue weighted by Crippen LogP contribution is 2.41. The van der Waals surface area contributed by atoms with E-state index in [-0.39, 0.29) is 17.6 Å². The lowest BCUT2D eigenvalue weighted by molar-refractivity contribution is -0.384. The zero-order valence-electron chi connectivity index (χ0n) is 15.2. The smallest absolute Gasteiger partial charge is 0.269 e. The number of para-hydroxylation sites is 1. The number of nitro groups is 1. The van der Waals surface area contributed by atoms with Gasteiger partial charge in [0, 0.05) is 12.1 Å². The van der Waals surface area contributed by atoms with Crippen LogP contribution in [0, 0.1) is 16.0 Å². The molecule has 2 amide bonds. The van der Waals surface area contributed by atoms with Crippen molar-refractivity contribution in [2.24, 2.45) is 5.92 Å². The van der Waals surface area contributed by atoms with Gasteiger partial charge in [-0.2, -0.15) is 0 Å². The number of hydroxylamine groups is 1. The van der Waals surface area contributed by atoms with Gasteiger partial charge >= 0.3 is 0 Å². The number of non-ortho nitro benzene ring substituents is 1. The third kappa shape index (κ3) is 2.82. The van der Waals surface area contributed by atoms with Crippen LogP contribution in [0.25, 0.3) is 0 Å². The normalized spacial score (nSPS) is 24.0. The van der Waals surface area contributed by atoms with Gasteiger partial charge in [-0.05, 0) is 30.7 Å². The molecule has 2 aromatic rings. The molecule has 0 spiro atoms. The summed E-state index contributed by atoms with van der Waals surface area (Å²) in [7, 11) is 0. The first-order valence-corrected chi connectivity index (χ1v) is 9.16. The fourth-order valence-corrected chi connectivity index (χ4v) is 3.89. The predicted octanol–water partition coefficient (Wildman–Crippen LogP) is 3.07. The Morgan fingerprint density at radius 3 is 2.29 bits per heavy atom. The third-order valence-corrected chi connectivity index (χ3v) is 5.15. The van der Waals surface area contributed by atoms with Gasteiger partial charge in [-0.1, -0.05) is 31.5 Å². The van der Waals surface area contributed by atoms with Gasteiger partial charge in [-0.15, -0.1) is 0 Å². The van der Waals surface area contributed by atoms with E-state index in [4.69, 9.17) is 4.84 Å². The Morgan fingerprint density at radius 1 is 1.00 bits per heavy atom. The molecule has 8 heteroatoms. The molecule has 0 unspecified atom stereocenters. The first kappa shape index (κ1) is 18.1. The van der Waals surface area contributed by atoms with Crippen molar-refractivity contribution in [1.29, 1.82) is 0 Å². The number of benzene rings is 2. The maximum Gasteiger partial charge on any atom is 0.269 e. The Morgan fingerprint density at radius 2 is 1.68 bits per heavy atom. The fraction of sp³-hybridized carbons (Fsp3) is 0.300. The summed E-state index contributed by atoms with van der Waals surface area (Å²) < 4.78 is 0. The van der Waals surface area contributed by atoms with Gasteiger partial charge in [0.15, 0.2) is 6.10 Å². The van der Waals surface area contributed by atoms with E-state index in [1.54, 1.807) is 5.06 Å². The molecular formula is C20H19N3O5. The van der Waals surface area contributed by atoms with E-state index < -0.39 is 22.9 Å². The zero-order valence-corrected chi connectivity index (χ0v) is 15.2. The molecule has 2 aliphatic heterocycles. The SMILES string of the molecule is CCC[C@H]1[C@H]2C(=O)N(c3ccc([N+](=O)[O-])cc3)C(=O)[C@H]2ON1c1ccccc1. The number of fused-ring (bicyclic) bond motifs is 1. The van der Waals surface area contributed by atoms with Crippen LogP contribution in [0.1, 0.15) is 19.8 Å². The fourth-order valence-electron chi connectivity index (χ4n) is 3.89. The summed E-state index contributed by atoms with van der Waals surface area (Å²) in [6, 6.07) is 14.6. The molecule has 0 saturated carbocycles. The third-order valence-electron chi connectivity index (χ3n) is 5.15. The van der Waals surface area contributed by atoms with Crippen LogP contribution in [-0.2, 0) is 14.4 Å². The summed E-state index contributed by atoms with van der Waals surface area (Å²) in [4.78, 5) is 43.5. The summed E-state index contributed by atoms with van der Waals surface area (Å²) in [5.74, 6) is -1.38. The first-order valence-electron chi connectivity index (χ1n) is 9.16. The Kier molecular flexibility index (Phi) is 4.56. The summed E-state index contributed by atoms with van der Waals surface area (Å²) in [6.45, 7) is 2.02. The number of hydrogen-bond donors (Lipinski definition) is 0. The lowest BCUT2D eigenvalue weighted by Crippen LogP contribution is -2.40. The van der Waals surface area contributed by atoms with Gasteiger partial charge in [0.25, 0.3) is 11.6 Å². The van der Waals surface area contributed by atoms with Crippen molar-refractivity contribution >= 4 is 28.9 Å². The summed E-state index contributed by atoms with van der Waals surface area (Å²) in [5, 5.41) is 12.5. The zero-order chi connectivity index (χ0) is 19.8. The van der Waals surface area contributed by atoms with Crippen molar-refractivity contribution in [2.75, 3.05) is 9.96 Å². The van der Waals surface area contributed by atoms with Crippen molar-refractivity contribution in [1.82, 2.24) is 0 Å². The molecule has 0 N–H and O–H groups in total. The van der Waals surface area contributed by atoms with Crippen molar-refractivity contribution in [3.8, 4) is 0 Å². The van der Waals surface area contributed by atoms with Gasteiger partial charge in [-0.3, -0.25) is 24.5 Å². The molecule has 28 heavy (non-hydrogen) atoms. The van der Waals surface area contributed by atoms with Crippen molar-refractivity contribution in [2.45, 2.75) is 31.9 Å². The van der Waals surface area contributed by atoms with Crippen LogP contribution in [0.15, 0.2) is 54.6 Å². The molecule has 2 fully saturated rings. The maximum atomic E-state index is 13.1. The Labute approximate surface area is 161 Å². The number of anilines is 2. The Balaban J connectivity index is 1.65. The van der Waals surface area contributed by atoms with E-state index in [1.165, 1.54) is 24.3 Å². The molecule has 2 heterocycles. The second-order valence-corrected chi connectivity index (χ2v) is 6.85. The molecule has 2 saturated heterocycles. The molecule has 0 bridgehead atoms. The maximum absolute atomic E-state index is 13.1. The highest BCUT2D eigenvalue weighted by Gasteiger charge is 2.59. The van der Waals surface area contributed by atoms with Crippen LogP contribution in [0.2, 0.25) is 0 Å². The van der Waals surface area contributed by atoms with Gasteiger partial charge in [0.2, 0.25) is 5.91 Å². The van der Waals surface area contributed by atoms with Crippen molar-refractivity contribution in [3.05, 3.63) is 64.7 Å². The number of carbonyl (C=O) groups excluding carboxylic acids is 2. The number of hydrogen-bond acceptors (Lipinski definition) is 6. The monoisotopic (exact) mass is 381 g/mol. The van der Waals surface area contributed by atoms with E-state index in [2.05, 4.69) is 0 Å². The van der Waals surface area contributed by atoms with E-state index in [9.17, 15) is 19.7 Å². The van der Waals surface area contributed by atoms with E-state index in [1.807, 2.05) is 37.3 Å². The number of imide groups is 1. The average molecular weight is 381 g/mol. The highest BCUT2D eigenvalue weighted by molar-refractivity contribution is 6.23. The van der Waals surface area contributed by atoms with Crippen molar-refractivity contribution in [3.63, 3.8) is 0 Å². The molecule has 2 aliphatic rings. The highest BCUT2D eigenvalue weighted by atomic mass is 16.7. The van der Waals surface area contributed by atoms with Crippen LogP contribution in [0.5, 0.6) is 0 Å². The lowest BCUT2D eigenvalue weighted by atomic mass is 9.93. The second-order valence-electron chi connectivity index (χ2n) is 6.85. The van der Waals surface area contributed by atoms with Gasteiger partial charge in [-0.25, -0.2) is 9.96 Å². The minimum absolute atomic E-state index is 0.0987. The van der Waals surface area contributed by atoms with Crippen molar-refractivity contribution < 1.29 is 19.3 Å². The van der Waals surface area contributed by atoms with Crippen LogP contribution >= 0.6 is 0 Å². The van der Waals surface area contributed by atoms with Crippen LogP contribution < -0.4 is 9.96 Å². The molecule has 3 atom stereocenters. The van der Waals surface area contributed by atoms with E-state index in [0.717, 1.165) is 17.0 Å². The molecular weight excluding hydrogens is 362 g/mol. The summed E-state index contributed by atoms with van der Waals surface area (Å²) in [5.41, 5.74) is 1.02. The molecule has 8 nitrogen and oxygen atoms in total. The van der Waals surface area contributed by atoms with Gasteiger partial charge < -0.3 is 0 Å². The standard InChI is InChI=1S/C20H19N3O5/c1-2-6-16-17-18(28-22(16)14-7-4-3-5-8-14)20(25)21(19(17)24)13-9-11-15(12-10-13)23(26)27/h3-5,7-12,16-18H,2,6H2,1H3/t16-,17+,18-/m0/s1. The number of carbonyl (C=O) groups is 2. The quantitative estimate of drug-likeness (QED) is 0.449. The topological polar surface area (TPSA) is 93.0 Å². The first-order chi connectivity index (χ1) is 13.5. The molecule has 2 aromatic carbocycles. The van der Waals surface area contributed by atoms with E-state index >= 15 is 0 Å². The number of nitrogens with zero attached hydrogens (tertiary/aromatic N) is 3. The van der Waals surface area contributed by atoms with Gasteiger partial charge in [0.1, 0.15) is 0 Å². The molecule has 144 valence electrons. The molecule has 0 aromatic heterocycles. The predicted molar refractivity (Wildman–Crippen MR) is 102 cm³/mol. The molecule has 4 rings (SSSR count). The number of nitro benzene ring substituents is 1. The van der Waals surface area contributed by atoms with Crippen LogP contribution in [-0.4, -0.2) is 28.9 Å². The lowest BCUT2D eigenvalue weighted by Gasteiger charge is -2.28. The minimum atomic E-state index is -0.889. The van der Waals surface area contributed by atoms with Crippen LogP contribution in [0.3, 0.4) is 0 Å². The van der Waals surface area contributed by atoms with E-state index in [0.29, 0.717) is 12.1 Å². The molecule has 0 radical (unpaired) electrons. The van der Waals surface area contributed by atoms with Gasteiger partial charge in [0.05, 0.1) is 28.3 Å². The summed E-state index contributed by atoms with van der Waals surface area (Å²) >= 11 is 0. The Bertz CT molecular complexity index is 915. The summed E-state index contributed by atoms with van der Waals surface area (Å²) in [6.07, 6.45) is 0.641. The second kappa shape index (κ2) is 7.05. The minimum Gasteiger partial charge on any atom is -0.273 e. The number of rotatable bonds is 5. The Hall–Kier alpha value is -3.26.